The van der Waals surface area contributed by atoms with E-state index in [9.17, 15) is 0 Å². The van der Waals surface area contributed by atoms with E-state index >= 15 is 0 Å². The Kier molecular flexibility index (Phi) is 4.74. The van der Waals surface area contributed by atoms with Gasteiger partial charge < -0.3 is 10.4 Å². The van der Waals surface area contributed by atoms with Crippen LogP contribution in [0.5, 0.6) is 0 Å². The molecule has 0 saturated heterocycles. The minimum Gasteiger partial charge on any atom is -0.411 e. The highest BCUT2D eigenvalue weighted by molar-refractivity contribution is 5.80. The van der Waals surface area contributed by atoms with Gasteiger partial charge in [0.1, 0.15) is 0 Å². The lowest BCUT2D eigenvalue weighted by molar-refractivity contribution is 0.321. The number of hydrogen-bond acceptors (Lipinski definition) is 4. The van der Waals surface area contributed by atoms with Crippen molar-refractivity contribution >= 4 is 12.4 Å². The number of nitrogens with zero attached hydrogens (tertiary/aromatic N) is 2. The minimum atomic E-state index is 1.15. The lowest BCUT2D eigenvalue weighted by Crippen LogP contribution is -1.65. The van der Waals surface area contributed by atoms with Crippen molar-refractivity contribution in [3.63, 3.8) is 0 Å². The molecule has 2 N–H and O–H groups in total. The van der Waals surface area contributed by atoms with E-state index in [2.05, 4.69) is 10.3 Å². The number of oxime groups is 2. The van der Waals surface area contributed by atoms with E-state index in [1.54, 1.807) is 0 Å². The van der Waals surface area contributed by atoms with E-state index in [0.717, 1.165) is 12.4 Å². The van der Waals surface area contributed by atoms with Crippen LogP contribution < -0.4 is 0 Å². The second-order valence-electron chi connectivity index (χ2n) is 0.914. The minimum absolute atomic E-state index is 1.15. The summed E-state index contributed by atoms with van der Waals surface area (Å²) >= 11 is 0. The van der Waals surface area contributed by atoms with Gasteiger partial charge in [-0.15, -0.1) is 0 Å². The van der Waals surface area contributed by atoms with Gasteiger partial charge in [0.2, 0.25) is 0 Å². The maximum atomic E-state index is 7.78. The third-order valence-corrected chi connectivity index (χ3v) is 0.417. The van der Waals surface area contributed by atoms with Gasteiger partial charge in [-0.2, -0.15) is 0 Å². The predicted octanol–water partition coefficient (Wildman–Crippen LogP) is 0.463. The average molecular weight is 114 g/mol. The molecule has 0 saturated carbocycles. The van der Waals surface area contributed by atoms with Crippen molar-refractivity contribution in [3.05, 3.63) is 12.2 Å². The summed E-state index contributed by atoms with van der Waals surface area (Å²) in [5.41, 5.74) is 0. The Morgan fingerprint density at radius 3 is 1.50 bits per heavy atom. The Hall–Kier alpha value is -1.32. The van der Waals surface area contributed by atoms with E-state index in [4.69, 9.17) is 10.4 Å². The van der Waals surface area contributed by atoms with Crippen LogP contribution in [0, 0.1) is 0 Å². The molecular formula is C4H6N2O2. The van der Waals surface area contributed by atoms with Crippen LogP contribution in [0.3, 0.4) is 0 Å². The van der Waals surface area contributed by atoms with Crippen LogP contribution >= 0.6 is 0 Å². The van der Waals surface area contributed by atoms with E-state index in [1.807, 2.05) is 0 Å². The maximum Gasteiger partial charge on any atom is 0.0662 e. The average Bonchev–Trinajstić information content (AvgIpc) is 1.81. The van der Waals surface area contributed by atoms with Gasteiger partial charge in [0.05, 0.1) is 12.4 Å². The van der Waals surface area contributed by atoms with Crippen molar-refractivity contribution in [2.24, 2.45) is 10.3 Å². The molecule has 0 unspecified atom stereocenters. The van der Waals surface area contributed by atoms with Gasteiger partial charge in [-0.3, -0.25) is 0 Å². The summed E-state index contributed by atoms with van der Waals surface area (Å²) in [5, 5.41) is 20.9. The van der Waals surface area contributed by atoms with Crippen molar-refractivity contribution < 1.29 is 10.4 Å². The highest BCUT2D eigenvalue weighted by Crippen LogP contribution is 1.62. The first-order chi connectivity index (χ1) is 3.91. The lowest BCUT2D eigenvalue weighted by Gasteiger charge is -1.67. The van der Waals surface area contributed by atoms with Crippen LogP contribution in [-0.4, -0.2) is 22.8 Å². The Labute approximate surface area is 46.4 Å². The van der Waals surface area contributed by atoms with Gasteiger partial charge in [-0.25, -0.2) is 0 Å². The molecule has 0 aliphatic carbocycles. The molecular weight excluding hydrogens is 108 g/mol. The monoisotopic (exact) mass is 114 g/mol. The summed E-state index contributed by atoms with van der Waals surface area (Å²) in [6.07, 6.45) is 5.14. The molecule has 0 aromatic carbocycles. The third-order valence-electron chi connectivity index (χ3n) is 0.417. The van der Waals surface area contributed by atoms with Crippen molar-refractivity contribution in [1.82, 2.24) is 0 Å². The fourth-order valence-electron chi connectivity index (χ4n) is 0.176. The number of hydrogen-bond donors (Lipinski definition) is 2. The second kappa shape index (κ2) is 5.68. The van der Waals surface area contributed by atoms with E-state index < -0.39 is 0 Å². The highest BCUT2D eigenvalue weighted by atomic mass is 16.4. The summed E-state index contributed by atoms with van der Waals surface area (Å²) in [6.45, 7) is 0. The van der Waals surface area contributed by atoms with Crippen LogP contribution in [0.15, 0.2) is 22.5 Å². The highest BCUT2D eigenvalue weighted by Gasteiger charge is 1.59. The largest absolute Gasteiger partial charge is 0.411 e. The van der Waals surface area contributed by atoms with Crippen molar-refractivity contribution in [3.8, 4) is 0 Å². The molecule has 0 fully saturated rings. The van der Waals surface area contributed by atoms with Crippen molar-refractivity contribution in [2.75, 3.05) is 0 Å². The Morgan fingerprint density at radius 2 is 1.25 bits per heavy atom. The molecule has 0 rings (SSSR count). The number of rotatable bonds is 2. The molecule has 0 aromatic heterocycles. The van der Waals surface area contributed by atoms with Crippen LogP contribution in [-0.2, 0) is 0 Å². The smallest absolute Gasteiger partial charge is 0.0662 e. The molecule has 0 spiro atoms. The molecule has 0 atom stereocenters. The first-order valence-corrected chi connectivity index (χ1v) is 1.92. The number of allylic oxidation sites excluding steroid dienone is 2. The van der Waals surface area contributed by atoms with Crippen LogP contribution in [0.2, 0.25) is 0 Å². The van der Waals surface area contributed by atoms with Crippen LogP contribution in [0.4, 0.5) is 0 Å². The summed E-state index contributed by atoms with van der Waals surface area (Å²) in [7, 11) is 0. The fourth-order valence-corrected chi connectivity index (χ4v) is 0.176. The van der Waals surface area contributed by atoms with Gasteiger partial charge in [0, 0.05) is 0 Å². The SMILES string of the molecule is ON=C/C=C\C=NO. The molecule has 0 amide bonds. The topological polar surface area (TPSA) is 65.2 Å². The Balaban J connectivity index is 3.35. The van der Waals surface area contributed by atoms with Gasteiger partial charge in [0.15, 0.2) is 0 Å². The molecule has 0 bridgehead atoms. The lowest BCUT2D eigenvalue weighted by atomic mass is 10.5. The fraction of sp³-hybridized carbons (Fsp3) is 0. The molecule has 0 radical (unpaired) electrons. The molecule has 0 aliphatic heterocycles. The molecule has 44 valence electrons. The molecule has 0 aromatic rings. The van der Waals surface area contributed by atoms with Gasteiger partial charge >= 0.3 is 0 Å². The quantitative estimate of drug-likeness (QED) is 0.311. The standard InChI is InChI=1S/C4H6N2O2/c7-5-3-1-2-4-6-8/h1-4,7-8H/b2-1-,5-3?,6-4?. The molecule has 4 heteroatoms. The van der Waals surface area contributed by atoms with Gasteiger partial charge in [-0.05, 0) is 12.2 Å². The van der Waals surface area contributed by atoms with Crippen molar-refractivity contribution in [2.45, 2.75) is 0 Å². The maximum absolute atomic E-state index is 7.78. The zero-order chi connectivity index (χ0) is 6.24. The zero-order valence-corrected chi connectivity index (χ0v) is 4.10. The normalized spacial score (nSPS) is 12.5. The third kappa shape index (κ3) is 4.68. The van der Waals surface area contributed by atoms with Crippen LogP contribution in [0.25, 0.3) is 0 Å². The predicted molar refractivity (Wildman–Crippen MR) is 29.7 cm³/mol. The van der Waals surface area contributed by atoms with Crippen LogP contribution in [0.1, 0.15) is 0 Å². The summed E-state index contributed by atoms with van der Waals surface area (Å²) in [4.78, 5) is 0. The van der Waals surface area contributed by atoms with Crippen molar-refractivity contribution in [1.29, 1.82) is 0 Å². The van der Waals surface area contributed by atoms with E-state index in [0.29, 0.717) is 0 Å². The van der Waals surface area contributed by atoms with E-state index in [-0.39, 0.29) is 0 Å². The van der Waals surface area contributed by atoms with E-state index in [1.165, 1.54) is 12.2 Å². The molecule has 8 heavy (non-hydrogen) atoms. The Bertz CT molecular complexity index is 103. The zero-order valence-electron chi connectivity index (χ0n) is 4.10. The second-order valence-corrected chi connectivity index (χ2v) is 0.914. The summed E-state index contributed by atoms with van der Waals surface area (Å²) < 4.78 is 0. The first kappa shape index (κ1) is 6.68. The van der Waals surface area contributed by atoms with Gasteiger partial charge in [0.25, 0.3) is 0 Å². The Morgan fingerprint density at radius 1 is 0.875 bits per heavy atom. The first-order valence-electron chi connectivity index (χ1n) is 1.92. The van der Waals surface area contributed by atoms with Gasteiger partial charge in [-0.1, -0.05) is 10.3 Å². The summed E-state index contributed by atoms with van der Waals surface area (Å²) in [5.74, 6) is 0. The molecule has 0 heterocycles. The summed E-state index contributed by atoms with van der Waals surface area (Å²) in [6, 6.07) is 0. The molecule has 4 nitrogen and oxygen atoms in total. The molecule has 0 aliphatic rings.